The summed E-state index contributed by atoms with van der Waals surface area (Å²) in [5.74, 6) is -3.94. The maximum Gasteiger partial charge on any atom is 0.310 e. The molecule has 1 fully saturated rings. The number of rotatable bonds is 8. The number of carbonyl (C=O) groups excluding carboxylic acids is 1. The zero-order chi connectivity index (χ0) is 23.1. The third kappa shape index (κ3) is 6.06. The zero-order valence-electron chi connectivity index (χ0n) is 17.6. The average Bonchev–Trinajstić information content (AvgIpc) is 2.75. The summed E-state index contributed by atoms with van der Waals surface area (Å²) in [5, 5.41) is 3.89. The molecule has 9 heteroatoms. The van der Waals surface area contributed by atoms with Crippen LogP contribution in [0.5, 0.6) is 0 Å². The minimum absolute atomic E-state index is 0.0880. The summed E-state index contributed by atoms with van der Waals surface area (Å²) in [6.45, 7) is 3.91. The van der Waals surface area contributed by atoms with E-state index in [0.29, 0.717) is 31.8 Å². The molecule has 0 bridgehead atoms. The topological polar surface area (TPSA) is 51.1 Å². The minimum atomic E-state index is -0.954. The number of likely N-dealkylation sites (tertiary alicyclic amines) is 1. The molecule has 0 amide bonds. The fraction of sp³-hybridized carbons (Fsp3) is 0.391. The molecule has 0 N–H and O–H groups in total. The molecule has 0 unspecified atom stereocenters. The van der Waals surface area contributed by atoms with Gasteiger partial charge in [0.05, 0.1) is 12.5 Å². The molecule has 32 heavy (non-hydrogen) atoms. The third-order valence-corrected chi connectivity index (χ3v) is 5.15. The lowest BCUT2D eigenvalue weighted by Crippen LogP contribution is -2.40. The van der Waals surface area contributed by atoms with Crippen molar-refractivity contribution < 1.29 is 31.9 Å². The number of esters is 1. The third-order valence-electron chi connectivity index (χ3n) is 5.15. The Balaban J connectivity index is 1.72. The van der Waals surface area contributed by atoms with Crippen molar-refractivity contribution in [1.82, 2.24) is 4.90 Å². The number of oxime groups is 1. The second-order valence-corrected chi connectivity index (χ2v) is 7.41. The second-order valence-electron chi connectivity index (χ2n) is 7.41. The molecule has 1 heterocycles. The van der Waals surface area contributed by atoms with Crippen LogP contribution in [0.25, 0.3) is 0 Å². The van der Waals surface area contributed by atoms with Gasteiger partial charge in [0.1, 0.15) is 35.6 Å². The van der Waals surface area contributed by atoms with E-state index in [1.165, 1.54) is 0 Å². The van der Waals surface area contributed by atoms with Crippen molar-refractivity contribution >= 4 is 11.7 Å². The summed E-state index contributed by atoms with van der Waals surface area (Å²) in [4.78, 5) is 19.3. The van der Waals surface area contributed by atoms with E-state index in [-0.39, 0.29) is 35.3 Å². The first-order chi connectivity index (χ1) is 15.4. The highest BCUT2D eigenvalue weighted by atomic mass is 19.1. The van der Waals surface area contributed by atoms with Crippen LogP contribution in [0.4, 0.5) is 17.6 Å². The van der Waals surface area contributed by atoms with Gasteiger partial charge in [0.25, 0.3) is 0 Å². The number of nitrogens with zero attached hydrogens (tertiary/aromatic N) is 2. The van der Waals surface area contributed by atoms with Gasteiger partial charge in [0.2, 0.25) is 0 Å². The van der Waals surface area contributed by atoms with Gasteiger partial charge in [0.15, 0.2) is 0 Å². The van der Waals surface area contributed by atoms with Crippen molar-refractivity contribution in [2.75, 3.05) is 32.8 Å². The van der Waals surface area contributed by atoms with Crippen molar-refractivity contribution in [3.8, 4) is 0 Å². The predicted octanol–water partition coefficient (Wildman–Crippen LogP) is 4.29. The number of halogens is 4. The minimum Gasteiger partial charge on any atom is -0.466 e. The molecule has 172 valence electrons. The Morgan fingerprint density at radius 1 is 1.06 bits per heavy atom. The van der Waals surface area contributed by atoms with Gasteiger partial charge in [-0.15, -0.1) is 0 Å². The molecule has 0 aliphatic carbocycles. The zero-order valence-corrected chi connectivity index (χ0v) is 17.6. The number of carbonyl (C=O) groups is 1. The second kappa shape index (κ2) is 11.1. The van der Waals surface area contributed by atoms with Crippen LogP contribution in [-0.4, -0.2) is 49.4 Å². The maximum atomic E-state index is 14.4. The maximum absolute atomic E-state index is 14.4. The summed E-state index contributed by atoms with van der Waals surface area (Å²) < 4.78 is 60.4. The van der Waals surface area contributed by atoms with Crippen LogP contribution in [-0.2, 0) is 14.4 Å². The lowest BCUT2D eigenvalue weighted by Gasteiger charge is -2.30. The van der Waals surface area contributed by atoms with Crippen LogP contribution in [0.1, 0.15) is 30.9 Å². The first-order valence-electron chi connectivity index (χ1n) is 10.4. The van der Waals surface area contributed by atoms with E-state index in [9.17, 15) is 22.4 Å². The van der Waals surface area contributed by atoms with E-state index in [4.69, 9.17) is 9.57 Å². The predicted molar refractivity (Wildman–Crippen MR) is 110 cm³/mol. The lowest BCUT2D eigenvalue weighted by atomic mass is 9.98. The van der Waals surface area contributed by atoms with Crippen LogP contribution < -0.4 is 0 Å². The van der Waals surface area contributed by atoms with E-state index in [1.807, 2.05) is 4.90 Å². The van der Waals surface area contributed by atoms with Gasteiger partial charge < -0.3 is 9.57 Å². The molecular formula is C23H24F4N2O3. The Labute approximate surface area is 183 Å². The fourth-order valence-corrected chi connectivity index (χ4v) is 3.60. The van der Waals surface area contributed by atoms with E-state index >= 15 is 0 Å². The van der Waals surface area contributed by atoms with Gasteiger partial charge in [-0.3, -0.25) is 9.69 Å². The van der Waals surface area contributed by atoms with Crippen molar-refractivity contribution in [3.63, 3.8) is 0 Å². The smallest absolute Gasteiger partial charge is 0.310 e. The van der Waals surface area contributed by atoms with Gasteiger partial charge in [-0.05, 0) is 50.6 Å². The highest BCUT2D eigenvalue weighted by molar-refractivity contribution is 6.12. The normalized spacial score (nSPS) is 16.5. The molecule has 1 saturated heterocycles. The molecule has 0 saturated carbocycles. The van der Waals surface area contributed by atoms with Gasteiger partial charge in [-0.2, -0.15) is 0 Å². The molecule has 1 aliphatic heterocycles. The van der Waals surface area contributed by atoms with Gasteiger partial charge >= 0.3 is 5.97 Å². The molecular weight excluding hydrogens is 428 g/mol. The first-order valence-corrected chi connectivity index (χ1v) is 10.4. The Morgan fingerprint density at radius 2 is 1.69 bits per heavy atom. The Bertz CT molecular complexity index is 930. The highest BCUT2D eigenvalue weighted by Crippen LogP contribution is 2.20. The summed E-state index contributed by atoms with van der Waals surface area (Å²) in [5.41, 5.74) is -0.586. The number of piperidine rings is 1. The molecule has 2 aromatic rings. The number of hydrogen-bond acceptors (Lipinski definition) is 5. The summed E-state index contributed by atoms with van der Waals surface area (Å²) in [6, 6.07) is 5.55. The van der Waals surface area contributed by atoms with Crippen molar-refractivity contribution in [1.29, 1.82) is 0 Å². The standard InChI is InChI=1S/C23H24F4N2O3/c1-2-31-23(30)15-4-3-9-29(14-15)10-11-32-28-22(18-7-5-16(24)12-20(18)26)19-8-6-17(25)13-21(19)27/h5-8,12-13,15H,2-4,9-11,14H2,1H3/t15-/m1/s1. The van der Waals surface area contributed by atoms with Crippen LogP contribution >= 0.6 is 0 Å². The van der Waals surface area contributed by atoms with Gasteiger partial charge in [0, 0.05) is 36.3 Å². The molecule has 1 atom stereocenters. The molecule has 5 nitrogen and oxygen atoms in total. The number of ether oxygens (including phenoxy) is 1. The molecule has 2 aromatic carbocycles. The largest absolute Gasteiger partial charge is 0.466 e. The number of benzene rings is 2. The SMILES string of the molecule is CCOC(=O)[C@@H]1CCCN(CCON=C(c2ccc(F)cc2F)c2ccc(F)cc2F)C1. The van der Waals surface area contributed by atoms with Crippen LogP contribution in [0, 0.1) is 29.2 Å². The molecule has 1 aliphatic rings. The summed E-state index contributed by atoms with van der Waals surface area (Å²) in [7, 11) is 0. The quantitative estimate of drug-likeness (QED) is 0.197. The fourth-order valence-electron chi connectivity index (χ4n) is 3.60. The van der Waals surface area contributed by atoms with Crippen LogP contribution in [0.2, 0.25) is 0 Å². The highest BCUT2D eigenvalue weighted by Gasteiger charge is 2.26. The van der Waals surface area contributed by atoms with Crippen LogP contribution in [0.3, 0.4) is 0 Å². The van der Waals surface area contributed by atoms with E-state index in [0.717, 1.165) is 43.7 Å². The van der Waals surface area contributed by atoms with Crippen molar-refractivity contribution in [3.05, 3.63) is 70.8 Å². The van der Waals surface area contributed by atoms with E-state index < -0.39 is 23.3 Å². The lowest BCUT2D eigenvalue weighted by molar-refractivity contribution is -0.150. The van der Waals surface area contributed by atoms with E-state index in [2.05, 4.69) is 5.16 Å². The molecule has 0 spiro atoms. The molecule has 0 aromatic heterocycles. The van der Waals surface area contributed by atoms with E-state index in [1.54, 1.807) is 6.92 Å². The summed E-state index contributed by atoms with van der Waals surface area (Å²) >= 11 is 0. The Hall–Kier alpha value is -2.94. The van der Waals surface area contributed by atoms with Crippen LogP contribution in [0.15, 0.2) is 41.6 Å². The monoisotopic (exact) mass is 452 g/mol. The van der Waals surface area contributed by atoms with Gasteiger partial charge in [-0.1, -0.05) is 5.16 Å². The first kappa shape index (κ1) is 23.7. The Kier molecular flexibility index (Phi) is 8.21. The van der Waals surface area contributed by atoms with Crippen molar-refractivity contribution in [2.24, 2.45) is 11.1 Å². The summed E-state index contributed by atoms with van der Waals surface area (Å²) in [6.07, 6.45) is 1.59. The molecule has 0 radical (unpaired) electrons. The molecule has 3 rings (SSSR count). The van der Waals surface area contributed by atoms with Crippen molar-refractivity contribution in [2.45, 2.75) is 19.8 Å². The average molecular weight is 452 g/mol. The number of hydrogen-bond donors (Lipinski definition) is 0. The Morgan fingerprint density at radius 3 is 2.25 bits per heavy atom. The van der Waals surface area contributed by atoms with Gasteiger partial charge in [-0.25, -0.2) is 17.6 Å².